The van der Waals surface area contributed by atoms with Crippen LogP contribution >= 0.6 is 15.9 Å². The molecular weight excluding hydrogens is 345 g/mol. The summed E-state index contributed by atoms with van der Waals surface area (Å²) in [5.74, 6) is 0. The number of benzene rings is 1. The number of rotatable bonds is 8. The van der Waals surface area contributed by atoms with Crippen LogP contribution in [0.2, 0.25) is 0 Å². The first-order valence-electron chi connectivity index (χ1n) is 7.07. The molecule has 0 amide bonds. The molecule has 120 valence electrons. The van der Waals surface area contributed by atoms with Crippen LogP contribution in [-0.4, -0.2) is 37.8 Å². The van der Waals surface area contributed by atoms with Gasteiger partial charge in [0.2, 0.25) is 0 Å². The van der Waals surface area contributed by atoms with Gasteiger partial charge in [-0.15, -0.1) is 0 Å². The molecule has 6 heteroatoms. The molecule has 0 saturated carbocycles. The summed E-state index contributed by atoms with van der Waals surface area (Å²) >= 11 is 3.38. The molecule has 0 aliphatic heterocycles. The van der Waals surface area contributed by atoms with Gasteiger partial charge in [0.25, 0.3) is 0 Å². The van der Waals surface area contributed by atoms with Gasteiger partial charge < -0.3 is 5.32 Å². The van der Waals surface area contributed by atoms with Gasteiger partial charge in [-0.2, -0.15) is 13.2 Å². The zero-order chi connectivity index (χ0) is 15.9. The summed E-state index contributed by atoms with van der Waals surface area (Å²) in [6, 6.07) is 7.92. The van der Waals surface area contributed by atoms with Crippen LogP contribution in [0, 0.1) is 0 Å². The van der Waals surface area contributed by atoms with Gasteiger partial charge in [0, 0.05) is 17.1 Å². The van der Waals surface area contributed by atoms with Crippen LogP contribution in [0.25, 0.3) is 0 Å². The van der Waals surface area contributed by atoms with E-state index in [9.17, 15) is 13.2 Å². The minimum atomic E-state index is -4.14. The minimum Gasteiger partial charge on any atom is -0.313 e. The lowest BCUT2D eigenvalue weighted by molar-refractivity contribution is -0.146. The monoisotopic (exact) mass is 366 g/mol. The molecule has 0 aliphatic carbocycles. The molecule has 0 radical (unpaired) electrons. The molecule has 0 aromatic heterocycles. The summed E-state index contributed by atoms with van der Waals surface area (Å²) in [5.41, 5.74) is 1.09. The van der Waals surface area contributed by atoms with E-state index in [-0.39, 0.29) is 6.04 Å². The molecule has 1 N–H and O–H groups in total. The van der Waals surface area contributed by atoms with Crippen LogP contribution in [0.4, 0.5) is 13.2 Å². The van der Waals surface area contributed by atoms with Crippen molar-refractivity contribution in [3.05, 3.63) is 34.3 Å². The smallest absolute Gasteiger partial charge is 0.313 e. The molecule has 0 spiro atoms. The topological polar surface area (TPSA) is 15.3 Å². The second-order valence-corrected chi connectivity index (χ2v) is 5.99. The van der Waals surface area contributed by atoms with Crippen molar-refractivity contribution in [2.75, 3.05) is 26.7 Å². The third-order valence-corrected chi connectivity index (χ3v) is 3.83. The fraction of sp³-hybridized carbons (Fsp3) is 0.600. The van der Waals surface area contributed by atoms with E-state index in [0.717, 1.165) is 16.5 Å². The Kier molecular flexibility index (Phi) is 7.70. The van der Waals surface area contributed by atoms with Crippen molar-refractivity contribution in [3.8, 4) is 0 Å². The summed E-state index contributed by atoms with van der Waals surface area (Å²) in [4.78, 5) is 1.48. The minimum absolute atomic E-state index is 0.0608. The number of nitrogens with zero attached hydrogens (tertiary/aromatic N) is 1. The first kappa shape index (κ1) is 18.5. The quantitative estimate of drug-likeness (QED) is 0.734. The van der Waals surface area contributed by atoms with E-state index in [0.29, 0.717) is 19.5 Å². The molecule has 1 rings (SSSR count). The summed E-state index contributed by atoms with van der Waals surface area (Å²) < 4.78 is 38.6. The lowest BCUT2D eigenvalue weighted by Crippen LogP contribution is -2.36. The van der Waals surface area contributed by atoms with Gasteiger partial charge in [-0.3, -0.25) is 4.90 Å². The van der Waals surface area contributed by atoms with Crippen LogP contribution in [-0.2, 0) is 0 Å². The number of halogens is 4. The Morgan fingerprint density at radius 3 is 2.29 bits per heavy atom. The molecule has 2 nitrogen and oxygen atoms in total. The number of hydrogen-bond acceptors (Lipinski definition) is 2. The Labute approximate surface area is 132 Å². The van der Waals surface area contributed by atoms with Gasteiger partial charge >= 0.3 is 6.18 Å². The van der Waals surface area contributed by atoms with Gasteiger partial charge in [-0.05, 0) is 44.1 Å². The average Bonchev–Trinajstić information content (AvgIpc) is 2.39. The van der Waals surface area contributed by atoms with Gasteiger partial charge in [0.1, 0.15) is 0 Å². The lowest BCUT2D eigenvalue weighted by Gasteiger charge is -2.25. The third-order valence-electron chi connectivity index (χ3n) is 3.30. The van der Waals surface area contributed by atoms with Crippen LogP contribution < -0.4 is 5.32 Å². The van der Waals surface area contributed by atoms with E-state index in [1.54, 1.807) is 0 Å². The third kappa shape index (κ3) is 7.29. The van der Waals surface area contributed by atoms with Gasteiger partial charge in [-0.1, -0.05) is 35.0 Å². The summed E-state index contributed by atoms with van der Waals surface area (Å²) in [6.45, 7) is 1.95. The van der Waals surface area contributed by atoms with Crippen molar-refractivity contribution in [2.45, 2.75) is 32.0 Å². The highest BCUT2D eigenvalue weighted by molar-refractivity contribution is 9.10. The van der Waals surface area contributed by atoms with Gasteiger partial charge in [0.15, 0.2) is 0 Å². The molecule has 0 heterocycles. The average molecular weight is 367 g/mol. The Balaban J connectivity index is 2.61. The predicted molar refractivity (Wildman–Crippen MR) is 83.3 cm³/mol. The number of alkyl halides is 3. The Hall–Kier alpha value is -0.590. The van der Waals surface area contributed by atoms with Crippen molar-refractivity contribution < 1.29 is 13.2 Å². The second-order valence-electron chi connectivity index (χ2n) is 5.07. The van der Waals surface area contributed by atoms with E-state index in [1.165, 1.54) is 4.90 Å². The Bertz CT molecular complexity index is 406. The number of nitrogens with one attached hydrogen (secondary N) is 1. The molecule has 0 fully saturated rings. The molecule has 0 aliphatic rings. The van der Waals surface area contributed by atoms with Crippen LogP contribution in [0.5, 0.6) is 0 Å². The first-order chi connectivity index (χ1) is 9.85. The largest absolute Gasteiger partial charge is 0.401 e. The SMILES string of the molecule is CCCN(CCC(NC)c1ccc(Br)cc1)CC(F)(F)F. The maximum absolute atomic E-state index is 12.5. The van der Waals surface area contributed by atoms with Crippen molar-refractivity contribution >= 4 is 15.9 Å². The predicted octanol–water partition coefficient (Wildman–Crippen LogP) is 4.37. The molecule has 1 atom stereocenters. The molecule has 21 heavy (non-hydrogen) atoms. The van der Waals surface area contributed by atoms with E-state index in [4.69, 9.17) is 0 Å². The van der Waals surface area contributed by atoms with Crippen molar-refractivity contribution in [1.82, 2.24) is 10.2 Å². The molecule has 1 aromatic carbocycles. The van der Waals surface area contributed by atoms with Crippen molar-refractivity contribution in [1.29, 1.82) is 0 Å². The maximum Gasteiger partial charge on any atom is 0.401 e. The summed E-state index contributed by atoms with van der Waals surface area (Å²) in [7, 11) is 1.83. The molecule has 0 bridgehead atoms. The molecular formula is C15H22BrF3N2. The van der Waals surface area contributed by atoms with Crippen LogP contribution in [0.15, 0.2) is 28.7 Å². The van der Waals surface area contributed by atoms with Crippen LogP contribution in [0.1, 0.15) is 31.4 Å². The Morgan fingerprint density at radius 2 is 1.81 bits per heavy atom. The fourth-order valence-electron chi connectivity index (χ4n) is 2.32. The lowest BCUT2D eigenvalue weighted by atomic mass is 10.0. The van der Waals surface area contributed by atoms with Gasteiger partial charge in [-0.25, -0.2) is 0 Å². The zero-order valence-electron chi connectivity index (χ0n) is 12.4. The molecule has 1 aromatic rings. The summed E-state index contributed by atoms with van der Waals surface area (Å²) in [6.07, 6.45) is -2.77. The van der Waals surface area contributed by atoms with Crippen molar-refractivity contribution in [3.63, 3.8) is 0 Å². The maximum atomic E-state index is 12.5. The fourth-order valence-corrected chi connectivity index (χ4v) is 2.59. The normalized spacial score (nSPS) is 13.7. The summed E-state index contributed by atoms with van der Waals surface area (Å²) in [5, 5.41) is 3.17. The van der Waals surface area contributed by atoms with Crippen LogP contribution in [0.3, 0.4) is 0 Å². The van der Waals surface area contributed by atoms with Crippen molar-refractivity contribution in [2.24, 2.45) is 0 Å². The Morgan fingerprint density at radius 1 is 1.19 bits per heavy atom. The standard InChI is InChI=1S/C15H22BrF3N2/c1-3-9-21(11-15(17,18)19)10-8-14(20-2)12-4-6-13(16)7-5-12/h4-7,14,20H,3,8-11H2,1-2H3. The van der Waals surface area contributed by atoms with E-state index >= 15 is 0 Å². The highest BCUT2D eigenvalue weighted by Gasteiger charge is 2.30. The van der Waals surface area contributed by atoms with E-state index in [1.807, 2.05) is 38.2 Å². The first-order valence-corrected chi connectivity index (χ1v) is 7.87. The van der Waals surface area contributed by atoms with E-state index < -0.39 is 12.7 Å². The number of hydrogen-bond donors (Lipinski definition) is 1. The van der Waals surface area contributed by atoms with Gasteiger partial charge in [0.05, 0.1) is 6.54 Å². The second kappa shape index (κ2) is 8.76. The van der Waals surface area contributed by atoms with E-state index in [2.05, 4.69) is 21.2 Å². The highest BCUT2D eigenvalue weighted by atomic mass is 79.9. The zero-order valence-corrected chi connectivity index (χ0v) is 14.0. The highest BCUT2D eigenvalue weighted by Crippen LogP contribution is 2.21. The molecule has 1 unspecified atom stereocenters. The molecule has 0 saturated heterocycles.